The predicted octanol–water partition coefficient (Wildman–Crippen LogP) is 1.45. The number of rotatable bonds is 3. The van der Waals surface area contributed by atoms with E-state index in [1.165, 1.54) is 24.6 Å². The highest BCUT2D eigenvalue weighted by Gasteiger charge is 2.07. The van der Waals surface area contributed by atoms with Gasteiger partial charge in [0, 0.05) is 17.3 Å². The number of pyridine rings is 1. The zero-order chi connectivity index (χ0) is 13.1. The molecule has 0 aromatic carbocycles. The zero-order valence-corrected chi connectivity index (χ0v) is 10.9. The molecule has 0 fully saturated rings. The van der Waals surface area contributed by atoms with Gasteiger partial charge in [-0.25, -0.2) is 4.79 Å². The van der Waals surface area contributed by atoms with Gasteiger partial charge in [-0.3, -0.25) is 14.3 Å². The van der Waals surface area contributed by atoms with E-state index in [4.69, 9.17) is 0 Å². The van der Waals surface area contributed by atoms with Crippen LogP contribution in [0.3, 0.4) is 0 Å². The van der Waals surface area contributed by atoms with Gasteiger partial charge in [0.05, 0.1) is 24.9 Å². The lowest BCUT2D eigenvalue weighted by Gasteiger charge is -2.04. The van der Waals surface area contributed by atoms with Gasteiger partial charge in [0.1, 0.15) is 0 Å². The van der Waals surface area contributed by atoms with Crippen molar-refractivity contribution in [1.29, 1.82) is 0 Å². The molecule has 0 radical (unpaired) electrons. The number of hydrogen-bond acceptors (Lipinski definition) is 5. The number of esters is 1. The Hall–Kier alpha value is -1.95. The zero-order valence-electron chi connectivity index (χ0n) is 10.0. The van der Waals surface area contributed by atoms with Gasteiger partial charge in [0.2, 0.25) is 0 Å². The Balaban J connectivity index is 2.21. The summed E-state index contributed by atoms with van der Waals surface area (Å²) in [5.41, 5.74) is 2.03. The van der Waals surface area contributed by atoms with Gasteiger partial charge >= 0.3 is 10.8 Å². The Labute approximate surface area is 108 Å². The summed E-state index contributed by atoms with van der Waals surface area (Å²) < 4.78 is 6.23. The van der Waals surface area contributed by atoms with Crippen LogP contribution in [0.15, 0.2) is 28.5 Å². The molecule has 0 atom stereocenters. The Kier molecular flexibility index (Phi) is 3.57. The van der Waals surface area contributed by atoms with Crippen molar-refractivity contribution in [3.8, 4) is 0 Å². The molecule has 0 saturated heterocycles. The number of methoxy groups -OCH3 is 1. The Morgan fingerprint density at radius 3 is 2.78 bits per heavy atom. The van der Waals surface area contributed by atoms with Crippen molar-refractivity contribution in [3.63, 3.8) is 0 Å². The number of hydrogen-bond donors (Lipinski definition) is 0. The second-order valence-electron chi connectivity index (χ2n) is 3.76. The van der Waals surface area contributed by atoms with Crippen LogP contribution < -0.4 is 4.87 Å². The molecule has 0 bridgehead atoms. The SMILES string of the molecule is COC(=O)c1ccc(Cn2c(C)csc2=O)nc1. The molecule has 18 heavy (non-hydrogen) atoms. The maximum absolute atomic E-state index is 11.5. The summed E-state index contributed by atoms with van der Waals surface area (Å²) in [6.07, 6.45) is 1.45. The molecule has 5 nitrogen and oxygen atoms in total. The van der Waals surface area contributed by atoms with Crippen molar-refractivity contribution in [1.82, 2.24) is 9.55 Å². The molecule has 6 heteroatoms. The predicted molar refractivity (Wildman–Crippen MR) is 68.0 cm³/mol. The molecule has 0 saturated carbocycles. The first-order valence-electron chi connectivity index (χ1n) is 5.30. The summed E-state index contributed by atoms with van der Waals surface area (Å²) in [4.78, 5) is 26.9. The van der Waals surface area contributed by atoms with Gasteiger partial charge in [-0.05, 0) is 19.1 Å². The lowest BCUT2D eigenvalue weighted by molar-refractivity contribution is 0.0600. The molecule has 2 heterocycles. The molecule has 0 amide bonds. The first-order chi connectivity index (χ1) is 8.61. The summed E-state index contributed by atoms with van der Waals surface area (Å²) in [6.45, 7) is 2.29. The minimum Gasteiger partial charge on any atom is -0.465 e. The first kappa shape index (κ1) is 12.5. The Bertz CT molecular complexity index is 613. The highest BCUT2D eigenvalue weighted by molar-refractivity contribution is 7.07. The maximum atomic E-state index is 11.5. The minimum absolute atomic E-state index is 0.00801. The summed E-state index contributed by atoms with van der Waals surface area (Å²) in [6, 6.07) is 3.36. The second-order valence-corrected chi connectivity index (χ2v) is 4.58. The molecule has 0 N–H and O–H groups in total. The van der Waals surface area contributed by atoms with Crippen molar-refractivity contribution in [2.45, 2.75) is 13.5 Å². The molecule has 0 aliphatic heterocycles. The van der Waals surface area contributed by atoms with Gasteiger partial charge in [-0.2, -0.15) is 0 Å². The molecular formula is C12H12N2O3S. The van der Waals surface area contributed by atoms with Crippen molar-refractivity contribution in [2.24, 2.45) is 0 Å². The number of aromatic nitrogens is 2. The fourth-order valence-corrected chi connectivity index (χ4v) is 2.25. The van der Waals surface area contributed by atoms with Crippen LogP contribution in [-0.4, -0.2) is 22.6 Å². The monoisotopic (exact) mass is 264 g/mol. The van der Waals surface area contributed by atoms with Crippen LogP contribution in [0.1, 0.15) is 21.7 Å². The number of carbonyl (C=O) groups is 1. The summed E-state index contributed by atoms with van der Waals surface area (Å²) in [5.74, 6) is -0.419. The van der Waals surface area contributed by atoms with Gasteiger partial charge in [0.25, 0.3) is 0 Å². The summed E-state index contributed by atoms with van der Waals surface area (Å²) >= 11 is 1.17. The standard InChI is InChI=1S/C12H12N2O3S/c1-8-7-18-12(16)14(8)6-10-4-3-9(5-13-10)11(15)17-2/h3-5,7H,6H2,1-2H3. The molecule has 2 aromatic rings. The molecule has 2 rings (SSSR count). The molecule has 0 aliphatic carbocycles. The van der Waals surface area contributed by atoms with E-state index in [1.54, 1.807) is 16.7 Å². The van der Waals surface area contributed by atoms with E-state index < -0.39 is 5.97 Å². The largest absolute Gasteiger partial charge is 0.465 e. The van der Waals surface area contributed by atoms with Crippen LogP contribution in [0.4, 0.5) is 0 Å². The number of nitrogens with zero attached hydrogens (tertiary/aromatic N) is 2. The van der Waals surface area contributed by atoms with Crippen LogP contribution in [0.25, 0.3) is 0 Å². The van der Waals surface area contributed by atoms with E-state index in [-0.39, 0.29) is 4.87 Å². The molecular weight excluding hydrogens is 252 g/mol. The molecule has 94 valence electrons. The highest BCUT2D eigenvalue weighted by Crippen LogP contribution is 2.06. The number of aryl methyl sites for hydroxylation is 1. The van der Waals surface area contributed by atoms with Gasteiger partial charge in [0.15, 0.2) is 0 Å². The van der Waals surface area contributed by atoms with Crippen molar-refractivity contribution in [3.05, 3.63) is 50.3 Å². The van der Waals surface area contributed by atoms with E-state index >= 15 is 0 Å². The quantitative estimate of drug-likeness (QED) is 0.787. The van der Waals surface area contributed by atoms with E-state index in [0.717, 1.165) is 11.4 Å². The van der Waals surface area contributed by atoms with Crippen LogP contribution in [0.2, 0.25) is 0 Å². The van der Waals surface area contributed by atoms with E-state index in [2.05, 4.69) is 9.72 Å². The van der Waals surface area contributed by atoms with E-state index in [1.807, 2.05) is 12.3 Å². The third kappa shape index (κ3) is 2.48. The normalized spacial score (nSPS) is 10.3. The van der Waals surface area contributed by atoms with Crippen LogP contribution in [-0.2, 0) is 11.3 Å². The van der Waals surface area contributed by atoms with Gasteiger partial charge < -0.3 is 4.74 Å². The summed E-state index contributed by atoms with van der Waals surface area (Å²) in [5, 5.41) is 1.81. The smallest absolute Gasteiger partial charge is 0.339 e. The van der Waals surface area contributed by atoms with Crippen molar-refractivity contribution in [2.75, 3.05) is 7.11 Å². The van der Waals surface area contributed by atoms with Gasteiger partial charge in [-0.15, -0.1) is 0 Å². The number of carbonyl (C=O) groups excluding carboxylic acids is 1. The minimum atomic E-state index is -0.419. The number of thiazole rings is 1. The fraction of sp³-hybridized carbons (Fsp3) is 0.250. The fourth-order valence-electron chi connectivity index (χ4n) is 1.51. The second kappa shape index (κ2) is 5.14. The van der Waals surface area contributed by atoms with E-state index in [0.29, 0.717) is 12.1 Å². The van der Waals surface area contributed by atoms with Crippen LogP contribution in [0, 0.1) is 6.92 Å². The Morgan fingerprint density at radius 2 is 2.28 bits per heavy atom. The third-order valence-electron chi connectivity index (χ3n) is 2.54. The maximum Gasteiger partial charge on any atom is 0.339 e. The van der Waals surface area contributed by atoms with Crippen molar-refractivity contribution >= 4 is 17.3 Å². The highest BCUT2D eigenvalue weighted by atomic mass is 32.1. The first-order valence-corrected chi connectivity index (χ1v) is 6.18. The molecule has 0 aliphatic rings. The average molecular weight is 264 g/mol. The lowest BCUT2D eigenvalue weighted by Crippen LogP contribution is -2.16. The lowest BCUT2D eigenvalue weighted by atomic mass is 10.2. The topological polar surface area (TPSA) is 61.2 Å². The van der Waals surface area contributed by atoms with Gasteiger partial charge in [-0.1, -0.05) is 11.3 Å². The molecule has 0 unspecified atom stereocenters. The average Bonchev–Trinajstić information content (AvgIpc) is 2.70. The molecule has 2 aromatic heterocycles. The summed E-state index contributed by atoms with van der Waals surface area (Å²) in [7, 11) is 1.32. The third-order valence-corrected chi connectivity index (χ3v) is 3.42. The number of ether oxygens (including phenoxy) is 1. The van der Waals surface area contributed by atoms with Crippen molar-refractivity contribution < 1.29 is 9.53 Å². The van der Waals surface area contributed by atoms with Crippen LogP contribution >= 0.6 is 11.3 Å². The molecule has 0 spiro atoms. The van der Waals surface area contributed by atoms with E-state index in [9.17, 15) is 9.59 Å². The Morgan fingerprint density at radius 1 is 1.50 bits per heavy atom. The van der Waals surface area contributed by atoms with Crippen LogP contribution in [0.5, 0.6) is 0 Å².